The fourth-order valence-corrected chi connectivity index (χ4v) is 7.62. The van der Waals surface area contributed by atoms with Crippen LogP contribution in [0.2, 0.25) is 0 Å². The normalized spacial score (nSPS) is 10.5. The average Bonchev–Trinajstić information content (AvgIpc) is 3.94. The monoisotopic (exact) mass is 1010 g/mol. The van der Waals surface area contributed by atoms with Crippen molar-refractivity contribution in [2.24, 2.45) is 32.6 Å². The van der Waals surface area contributed by atoms with Gasteiger partial charge in [-0.15, -0.1) is 0 Å². The third-order valence-corrected chi connectivity index (χ3v) is 10.7. The molecule has 0 saturated heterocycles. The first-order valence-electron chi connectivity index (χ1n) is 23.6. The number of aromatic amines is 1. The minimum atomic E-state index is -0.638. The zero-order valence-electron chi connectivity index (χ0n) is 42.3. The van der Waals surface area contributed by atoms with E-state index in [1.165, 1.54) is 9.36 Å². The van der Waals surface area contributed by atoms with Crippen molar-refractivity contribution < 1.29 is 33.4 Å². The molecule has 0 bridgehead atoms. The van der Waals surface area contributed by atoms with Crippen molar-refractivity contribution in [2.45, 2.75) is 80.1 Å². The van der Waals surface area contributed by atoms with Gasteiger partial charge in [-0.3, -0.25) is 38.0 Å². The zero-order chi connectivity index (χ0) is 53.1. The number of amides is 3. The quantitative estimate of drug-likeness (QED) is 0.0528. The van der Waals surface area contributed by atoms with Crippen LogP contribution in [0, 0.1) is 0 Å². The van der Waals surface area contributed by atoms with E-state index in [1.54, 1.807) is 74.4 Å². The second-order valence-corrected chi connectivity index (χ2v) is 16.1. The summed E-state index contributed by atoms with van der Waals surface area (Å²) in [7, 11) is 5.06. The summed E-state index contributed by atoms with van der Waals surface area (Å²) in [4.78, 5) is 66.2. The number of fused-ring (bicyclic) bond motifs is 1. The molecule has 0 unspecified atom stereocenters. The summed E-state index contributed by atoms with van der Waals surface area (Å²) in [6, 6.07) is 21.4. The van der Waals surface area contributed by atoms with Gasteiger partial charge < -0.3 is 41.7 Å². The van der Waals surface area contributed by atoms with Gasteiger partial charge in [0, 0.05) is 21.1 Å². The minimum Gasteiger partial charge on any atom is -0.493 e. The number of primary amides is 2. The Morgan fingerprint density at radius 1 is 0.625 bits per heavy atom. The number of aryl methyl sites for hydroxylation is 6. The number of halogens is 1. The highest BCUT2D eigenvalue weighted by Gasteiger charge is 2.24. The van der Waals surface area contributed by atoms with E-state index in [2.05, 4.69) is 37.5 Å². The summed E-state index contributed by atoms with van der Waals surface area (Å²) in [5.74, 6) is 0.705. The molecule has 21 heteroatoms. The van der Waals surface area contributed by atoms with E-state index >= 15 is 0 Å². The van der Waals surface area contributed by atoms with E-state index in [1.807, 2.05) is 58.9 Å². The van der Waals surface area contributed by atoms with E-state index in [4.69, 9.17) is 43.0 Å². The first-order chi connectivity index (χ1) is 34.5. The number of benzene rings is 3. The number of hydrogen-bond donors (Lipinski definition) is 5. The van der Waals surface area contributed by atoms with Gasteiger partial charge in [0.1, 0.15) is 40.0 Å². The number of carbonyl (C=O) groups excluding carboxylic acids is 4. The molecule has 0 spiro atoms. The van der Waals surface area contributed by atoms with Gasteiger partial charge in [-0.05, 0) is 88.0 Å². The molecule has 7 rings (SSSR count). The van der Waals surface area contributed by atoms with Gasteiger partial charge in [-0.25, -0.2) is 4.98 Å². The molecule has 72 heavy (non-hydrogen) atoms. The Kier molecular flexibility index (Phi) is 21.5. The second kappa shape index (κ2) is 27.4. The third kappa shape index (κ3) is 14.3. The van der Waals surface area contributed by atoms with E-state index in [0.717, 1.165) is 49.1 Å². The highest BCUT2D eigenvalue weighted by atomic mass is 35.5. The van der Waals surface area contributed by atoms with Gasteiger partial charge in [0.2, 0.25) is 0 Å². The van der Waals surface area contributed by atoms with Crippen molar-refractivity contribution in [3.8, 4) is 28.6 Å². The Morgan fingerprint density at radius 3 is 1.62 bits per heavy atom. The maximum atomic E-state index is 12.7. The van der Waals surface area contributed by atoms with Crippen LogP contribution in [0.3, 0.4) is 0 Å². The molecule has 384 valence electrons. The Morgan fingerprint density at radius 2 is 1.08 bits per heavy atom. The van der Waals surface area contributed by atoms with Crippen molar-refractivity contribution in [2.75, 3.05) is 30.9 Å². The van der Waals surface area contributed by atoms with Crippen molar-refractivity contribution >= 4 is 57.0 Å². The van der Waals surface area contributed by atoms with Gasteiger partial charge >= 0.3 is 0 Å². The summed E-state index contributed by atoms with van der Waals surface area (Å²) in [5.41, 5.74) is 22.4. The fraction of sp³-hybridized carbons (Fsp3) is 0.353. The predicted molar refractivity (Wildman–Crippen MR) is 279 cm³/mol. The first-order valence-corrected chi connectivity index (χ1v) is 23.9. The number of para-hydroxylation sites is 3. The van der Waals surface area contributed by atoms with Crippen molar-refractivity contribution in [3.63, 3.8) is 0 Å². The molecule has 0 aliphatic carbocycles. The zero-order valence-corrected chi connectivity index (χ0v) is 43.1. The lowest BCUT2D eigenvalue weighted by molar-refractivity contribution is 0.0982. The van der Waals surface area contributed by atoms with Crippen LogP contribution in [0.25, 0.3) is 22.4 Å². The number of nitrogens with one attached hydrogen (secondary N) is 2. The Hall–Kier alpha value is -8.00. The second-order valence-electron chi connectivity index (χ2n) is 15.8. The van der Waals surface area contributed by atoms with Crippen LogP contribution in [-0.2, 0) is 40.4 Å². The lowest BCUT2D eigenvalue weighted by Crippen LogP contribution is -2.21. The van der Waals surface area contributed by atoms with Gasteiger partial charge in [-0.2, -0.15) is 15.3 Å². The minimum absolute atomic E-state index is 0.181. The number of nitrogen functional groups attached to an aromatic ring is 1. The molecule has 0 radical (unpaired) electrons. The molecule has 0 saturated carbocycles. The standard InChI is InChI=1S/C17H22N4O3.C17H20N4O2.C9H9ClO2.C8H14N4O/c1-4-8-12-14(15(16(18)22)21(3)20-12)19-17(23)11-9-6-7-10-13(11)24-5-2;1-4-8-12-14-15(21(3)20-12)17(22)19-16(18-14)11-9-6-7-10-13(11)23-5-2;1-2-12-8-6-4-3-5-7(8)9(10)11;1-3-4-5-6(9)7(8(10)13)12(2)11-5/h6-7,9-10H,4-5,8H2,1-3H3,(H2,18,22)(H,19,23);6-7,9-10H,4-5,8H2,1-3H3,(H,18,19,22);3-6H,2H2,1H3;3-4,9H2,1-2H3,(H2,10,13). The van der Waals surface area contributed by atoms with Crippen LogP contribution in [0.1, 0.15) is 120 Å². The van der Waals surface area contributed by atoms with Gasteiger partial charge in [-0.1, -0.05) is 76.4 Å². The van der Waals surface area contributed by atoms with E-state index in [0.29, 0.717) is 94.2 Å². The molecule has 4 heterocycles. The number of ether oxygens (including phenoxy) is 3. The number of aromatic nitrogens is 8. The van der Waals surface area contributed by atoms with Gasteiger partial charge in [0.25, 0.3) is 28.5 Å². The number of H-pyrrole nitrogens is 1. The summed E-state index contributed by atoms with van der Waals surface area (Å²) >= 11 is 5.33. The molecule has 3 amide bonds. The number of carbonyl (C=O) groups is 4. The maximum absolute atomic E-state index is 12.7. The number of nitrogens with two attached hydrogens (primary N) is 3. The molecule has 7 aromatic rings. The molecular weight excluding hydrogens is 944 g/mol. The van der Waals surface area contributed by atoms with E-state index < -0.39 is 17.1 Å². The molecule has 8 N–H and O–H groups in total. The van der Waals surface area contributed by atoms with Crippen LogP contribution in [0.5, 0.6) is 17.2 Å². The topological polar surface area (TPSA) is 285 Å². The van der Waals surface area contributed by atoms with Crippen LogP contribution >= 0.6 is 11.6 Å². The van der Waals surface area contributed by atoms with Crippen molar-refractivity contribution in [3.05, 3.63) is 123 Å². The van der Waals surface area contributed by atoms with Crippen LogP contribution in [0.4, 0.5) is 11.4 Å². The van der Waals surface area contributed by atoms with Crippen molar-refractivity contribution in [1.29, 1.82) is 0 Å². The van der Waals surface area contributed by atoms with Crippen molar-refractivity contribution in [1.82, 2.24) is 39.3 Å². The highest BCUT2D eigenvalue weighted by Crippen LogP contribution is 2.29. The molecule has 3 aromatic carbocycles. The first kappa shape index (κ1) is 56.6. The number of nitrogens with zero attached hydrogens (tertiary/aromatic N) is 7. The Labute approximate surface area is 423 Å². The summed E-state index contributed by atoms with van der Waals surface area (Å²) in [6.07, 6.45) is 4.91. The van der Waals surface area contributed by atoms with Gasteiger partial charge in [0.15, 0.2) is 5.52 Å². The predicted octanol–water partition coefficient (Wildman–Crippen LogP) is 7.32. The average molecular weight is 1010 g/mol. The van der Waals surface area contributed by atoms with Crippen LogP contribution in [0.15, 0.2) is 77.6 Å². The van der Waals surface area contributed by atoms with E-state index in [9.17, 15) is 24.0 Å². The summed E-state index contributed by atoms with van der Waals surface area (Å²) < 4.78 is 20.8. The largest absolute Gasteiger partial charge is 0.493 e. The molecule has 0 atom stereocenters. The Bertz CT molecular complexity index is 3030. The third-order valence-electron chi connectivity index (χ3n) is 10.5. The number of anilines is 2. The molecule has 0 aliphatic rings. The molecule has 0 fully saturated rings. The lowest BCUT2D eigenvalue weighted by Gasteiger charge is -2.11. The summed E-state index contributed by atoms with van der Waals surface area (Å²) in [6.45, 7) is 13.3. The van der Waals surface area contributed by atoms with E-state index in [-0.39, 0.29) is 17.2 Å². The Balaban J connectivity index is 0.000000218. The molecule has 4 aromatic heterocycles. The molecular formula is C51H65ClN12O8. The highest BCUT2D eigenvalue weighted by molar-refractivity contribution is 6.68. The lowest BCUT2D eigenvalue weighted by atomic mass is 10.1. The fourth-order valence-electron chi connectivity index (χ4n) is 7.47. The number of hydrogen-bond acceptors (Lipinski definition) is 13. The molecule has 20 nitrogen and oxygen atoms in total. The van der Waals surface area contributed by atoms with Crippen LogP contribution < -0.4 is 42.3 Å². The van der Waals surface area contributed by atoms with Gasteiger partial charge in [0.05, 0.1) is 65.0 Å². The smallest absolute Gasteiger partial charge is 0.277 e. The molecule has 0 aliphatic heterocycles. The van der Waals surface area contributed by atoms with Crippen LogP contribution in [-0.4, -0.2) is 82.1 Å². The summed E-state index contributed by atoms with van der Waals surface area (Å²) in [5, 5.41) is 15.1. The SMILES string of the molecule is CCCc1nn(C)c(C(N)=O)c1N.CCCc1nn(C)c(C(N)=O)c1NC(=O)c1ccccc1OCC.CCCc1nn(C)c2c(=O)[nH]c(-c3ccccc3OCC)nc12.CCOc1ccccc1C(=O)Cl. The number of rotatable bonds is 18. The maximum Gasteiger partial charge on any atom is 0.277 e.